The number of hydrogen-bond acceptors (Lipinski definition) is 4. The summed E-state index contributed by atoms with van der Waals surface area (Å²) < 4.78 is 9.34. The van der Waals surface area contributed by atoms with Crippen LogP contribution in [-0.4, -0.2) is 25.5 Å². The van der Waals surface area contributed by atoms with Crippen LogP contribution in [0.4, 0.5) is 5.69 Å². The third-order valence-electron chi connectivity index (χ3n) is 4.41. The van der Waals surface area contributed by atoms with Crippen LogP contribution >= 0.6 is 0 Å². The molecule has 7 nitrogen and oxygen atoms in total. The maximum atomic E-state index is 12.5. The molecule has 1 N–H and O–H groups in total. The molecule has 0 fully saturated rings. The summed E-state index contributed by atoms with van der Waals surface area (Å²) in [6.07, 6.45) is 1.90. The summed E-state index contributed by atoms with van der Waals surface area (Å²) in [6, 6.07) is 14.9. The van der Waals surface area contributed by atoms with Gasteiger partial charge < -0.3 is 9.73 Å². The summed E-state index contributed by atoms with van der Waals surface area (Å²) in [6.45, 7) is 6.37. The lowest BCUT2D eigenvalue weighted by Crippen LogP contribution is -2.11. The molecule has 4 aromatic rings. The summed E-state index contributed by atoms with van der Waals surface area (Å²) in [4.78, 5) is 12.5. The molecular formula is C21H21N5O2. The number of hydrogen-bond donors (Lipinski definition) is 1. The second-order valence-electron chi connectivity index (χ2n) is 6.75. The third kappa shape index (κ3) is 3.73. The van der Waals surface area contributed by atoms with Gasteiger partial charge in [0.1, 0.15) is 5.76 Å². The lowest BCUT2D eigenvalue weighted by atomic mass is 10.2. The van der Waals surface area contributed by atoms with Gasteiger partial charge in [0.15, 0.2) is 5.76 Å². The van der Waals surface area contributed by atoms with Gasteiger partial charge in [-0.15, -0.1) is 0 Å². The minimum Gasteiger partial charge on any atom is -0.454 e. The van der Waals surface area contributed by atoms with Crippen LogP contribution in [0.25, 0.3) is 5.69 Å². The number of amides is 1. The first-order chi connectivity index (χ1) is 13.5. The fourth-order valence-electron chi connectivity index (χ4n) is 3.02. The topological polar surface area (TPSA) is 77.9 Å². The first-order valence-corrected chi connectivity index (χ1v) is 9.02. The highest BCUT2D eigenvalue weighted by Crippen LogP contribution is 2.16. The molecule has 28 heavy (non-hydrogen) atoms. The normalized spacial score (nSPS) is 11.0. The lowest BCUT2D eigenvalue weighted by molar-refractivity contribution is 0.0994. The number of rotatable bonds is 5. The summed E-state index contributed by atoms with van der Waals surface area (Å²) in [7, 11) is 0. The van der Waals surface area contributed by atoms with E-state index in [0.717, 1.165) is 22.8 Å². The van der Waals surface area contributed by atoms with Crippen molar-refractivity contribution in [2.45, 2.75) is 27.3 Å². The lowest BCUT2D eigenvalue weighted by Gasteiger charge is -2.06. The van der Waals surface area contributed by atoms with Crippen molar-refractivity contribution in [2.75, 3.05) is 5.32 Å². The summed E-state index contributed by atoms with van der Waals surface area (Å²) >= 11 is 0. The van der Waals surface area contributed by atoms with E-state index in [-0.39, 0.29) is 11.7 Å². The Hall–Kier alpha value is -3.61. The molecule has 0 saturated heterocycles. The van der Waals surface area contributed by atoms with Crippen LogP contribution in [0.5, 0.6) is 0 Å². The van der Waals surface area contributed by atoms with Crippen molar-refractivity contribution >= 4 is 11.6 Å². The van der Waals surface area contributed by atoms with E-state index >= 15 is 0 Å². The van der Waals surface area contributed by atoms with Crippen LogP contribution in [0.15, 0.2) is 59.1 Å². The number of carbonyl (C=O) groups excluding carboxylic acids is 1. The zero-order chi connectivity index (χ0) is 19.7. The Balaban J connectivity index is 1.42. The van der Waals surface area contributed by atoms with Gasteiger partial charge in [-0.25, -0.2) is 4.68 Å². The zero-order valence-corrected chi connectivity index (χ0v) is 16.0. The maximum absolute atomic E-state index is 12.5. The van der Waals surface area contributed by atoms with E-state index in [1.807, 2.05) is 68.0 Å². The largest absolute Gasteiger partial charge is 0.454 e. The molecule has 0 spiro atoms. The Bertz CT molecular complexity index is 1120. The molecule has 0 aliphatic rings. The van der Waals surface area contributed by atoms with Gasteiger partial charge in [0.2, 0.25) is 0 Å². The third-order valence-corrected chi connectivity index (χ3v) is 4.41. The molecule has 0 atom stereocenters. The highest BCUT2D eigenvalue weighted by molar-refractivity contribution is 6.02. The summed E-state index contributed by atoms with van der Waals surface area (Å²) in [5.74, 6) is 0.659. The van der Waals surface area contributed by atoms with Gasteiger partial charge >= 0.3 is 0 Å². The van der Waals surface area contributed by atoms with E-state index in [9.17, 15) is 4.79 Å². The molecule has 0 unspecified atom stereocenters. The van der Waals surface area contributed by atoms with Crippen LogP contribution in [0.2, 0.25) is 0 Å². The number of nitrogens with one attached hydrogen (secondary N) is 1. The molecule has 0 radical (unpaired) electrons. The number of nitrogens with zero attached hydrogens (tertiary/aromatic N) is 4. The van der Waals surface area contributed by atoms with Gasteiger partial charge in [0.25, 0.3) is 5.91 Å². The van der Waals surface area contributed by atoms with Crippen molar-refractivity contribution in [3.05, 3.63) is 83.3 Å². The molecule has 0 aliphatic carbocycles. The van der Waals surface area contributed by atoms with E-state index in [1.54, 1.807) is 16.8 Å². The predicted molar refractivity (Wildman–Crippen MR) is 106 cm³/mol. The van der Waals surface area contributed by atoms with Crippen molar-refractivity contribution in [3.8, 4) is 5.69 Å². The SMILES string of the molecule is Cc1ccn(-c2ccc(NC(=O)c3ccc(Cn4nc(C)cc4C)o3)cc2)n1. The monoisotopic (exact) mass is 375 g/mol. The van der Waals surface area contributed by atoms with Crippen LogP contribution in [-0.2, 0) is 6.54 Å². The van der Waals surface area contributed by atoms with Crippen molar-refractivity contribution in [1.82, 2.24) is 19.6 Å². The summed E-state index contributed by atoms with van der Waals surface area (Å²) in [5.41, 5.74) is 4.57. The first-order valence-electron chi connectivity index (χ1n) is 9.02. The quantitative estimate of drug-likeness (QED) is 0.574. The molecule has 7 heteroatoms. The highest BCUT2D eigenvalue weighted by atomic mass is 16.4. The van der Waals surface area contributed by atoms with Gasteiger partial charge in [-0.2, -0.15) is 10.2 Å². The number of anilines is 1. The Morgan fingerprint density at radius 3 is 2.43 bits per heavy atom. The predicted octanol–water partition coefficient (Wildman–Crippen LogP) is 3.89. The molecule has 0 saturated carbocycles. The molecule has 4 rings (SSSR count). The van der Waals surface area contributed by atoms with Gasteiger partial charge in [0, 0.05) is 17.6 Å². The van der Waals surface area contributed by atoms with Gasteiger partial charge in [0.05, 0.1) is 23.6 Å². The maximum Gasteiger partial charge on any atom is 0.291 e. The van der Waals surface area contributed by atoms with Gasteiger partial charge in [-0.05, 0) is 69.3 Å². The number of furan rings is 1. The molecule has 142 valence electrons. The van der Waals surface area contributed by atoms with Crippen molar-refractivity contribution in [3.63, 3.8) is 0 Å². The van der Waals surface area contributed by atoms with Gasteiger partial charge in [-0.1, -0.05) is 0 Å². The van der Waals surface area contributed by atoms with E-state index in [4.69, 9.17) is 4.42 Å². The molecule has 0 bridgehead atoms. The first kappa shape index (κ1) is 17.8. The van der Waals surface area contributed by atoms with Crippen LogP contribution in [0, 0.1) is 20.8 Å². The van der Waals surface area contributed by atoms with Crippen molar-refractivity contribution in [1.29, 1.82) is 0 Å². The van der Waals surface area contributed by atoms with E-state index < -0.39 is 0 Å². The zero-order valence-electron chi connectivity index (χ0n) is 16.0. The molecule has 1 amide bonds. The second kappa shape index (κ2) is 7.19. The second-order valence-corrected chi connectivity index (χ2v) is 6.75. The Labute approximate surface area is 162 Å². The Morgan fingerprint density at radius 1 is 1.00 bits per heavy atom. The number of benzene rings is 1. The number of aromatic nitrogens is 4. The average molecular weight is 375 g/mol. The molecular weight excluding hydrogens is 354 g/mol. The van der Waals surface area contributed by atoms with Crippen LogP contribution in [0.3, 0.4) is 0 Å². The van der Waals surface area contributed by atoms with E-state index in [0.29, 0.717) is 18.0 Å². The Kier molecular flexibility index (Phi) is 4.57. The van der Waals surface area contributed by atoms with Crippen molar-refractivity contribution < 1.29 is 9.21 Å². The van der Waals surface area contributed by atoms with Gasteiger partial charge in [-0.3, -0.25) is 9.48 Å². The van der Waals surface area contributed by atoms with E-state index in [1.165, 1.54) is 0 Å². The van der Waals surface area contributed by atoms with E-state index in [2.05, 4.69) is 15.5 Å². The van der Waals surface area contributed by atoms with Crippen molar-refractivity contribution in [2.24, 2.45) is 0 Å². The highest BCUT2D eigenvalue weighted by Gasteiger charge is 2.13. The van der Waals surface area contributed by atoms with Crippen LogP contribution in [0.1, 0.15) is 33.4 Å². The standard InChI is InChI=1S/C21H21N5O2/c1-14-10-11-25(23-14)18-6-4-17(5-7-18)22-21(27)20-9-8-19(28-20)13-26-16(3)12-15(2)24-26/h4-12H,13H2,1-3H3,(H,22,27). The summed E-state index contributed by atoms with van der Waals surface area (Å²) in [5, 5.41) is 11.6. The number of aryl methyl sites for hydroxylation is 3. The van der Waals surface area contributed by atoms with Crippen LogP contribution < -0.4 is 5.32 Å². The fourth-order valence-corrected chi connectivity index (χ4v) is 3.02. The smallest absolute Gasteiger partial charge is 0.291 e. The average Bonchev–Trinajstić information content (AvgIpc) is 3.37. The Morgan fingerprint density at radius 2 is 1.79 bits per heavy atom. The molecule has 3 heterocycles. The minimum absolute atomic E-state index is 0.267. The fraction of sp³-hybridized carbons (Fsp3) is 0.190. The molecule has 3 aromatic heterocycles. The molecule has 0 aliphatic heterocycles. The minimum atomic E-state index is -0.290. The molecule has 1 aromatic carbocycles. The number of carbonyl (C=O) groups is 1.